The van der Waals surface area contributed by atoms with Gasteiger partial charge < -0.3 is 10.0 Å². The summed E-state index contributed by atoms with van der Waals surface area (Å²) in [5.41, 5.74) is 0. The second-order valence-electron chi connectivity index (χ2n) is 6.14. The lowest BCUT2D eigenvalue weighted by molar-refractivity contribution is -0.186. The fourth-order valence-electron chi connectivity index (χ4n) is 3.55. The molecule has 2 rings (SSSR count). The van der Waals surface area contributed by atoms with Crippen molar-refractivity contribution in [1.82, 2.24) is 4.90 Å². The van der Waals surface area contributed by atoms with E-state index in [1.165, 1.54) is 0 Å². The maximum atomic E-state index is 12.8. The van der Waals surface area contributed by atoms with Gasteiger partial charge in [0.1, 0.15) is 0 Å². The number of hydrogen-bond donors (Lipinski definition) is 1. The Morgan fingerprint density at radius 2 is 2.00 bits per heavy atom. The van der Waals surface area contributed by atoms with E-state index in [0.29, 0.717) is 18.8 Å². The summed E-state index contributed by atoms with van der Waals surface area (Å²) in [6.07, 6.45) is -0.383. The minimum atomic E-state index is -4.07. The topological polar surface area (TPSA) is 40.5 Å². The Morgan fingerprint density at radius 1 is 1.25 bits per heavy atom. The molecule has 3 nitrogen and oxygen atoms in total. The summed E-state index contributed by atoms with van der Waals surface area (Å²) >= 11 is 0. The summed E-state index contributed by atoms with van der Waals surface area (Å²) in [6, 6.07) is 0.0326. The van der Waals surface area contributed by atoms with Gasteiger partial charge in [0.15, 0.2) is 0 Å². The van der Waals surface area contributed by atoms with E-state index >= 15 is 0 Å². The van der Waals surface area contributed by atoms with E-state index in [-0.39, 0.29) is 25.3 Å². The molecule has 0 aromatic heterocycles. The second-order valence-corrected chi connectivity index (χ2v) is 6.14. The summed E-state index contributed by atoms with van der Waals surface area (Å²) < 4.78 is 38.4. The van der Waals surface area contributed by atoms with Crippen molar-refractivity contribution in [3.8, 4) is 0 Å². The van der Waals surface area contributed by atoms with Crippen LogP contribution in [0.3, 0.4) is 0 Å². The Balaban J connectivity index is 1.82. The highest BCUT2D eigenvalue weighted by Gasteiger charge is 2.43. The highest BCUT2D eigenvalue weighted by molar-refractivity contribution is 5.66. The molecule has 1 heterocycles. The molecule has 0 amide bonds. The van der Waals surface area contributed by atoms with E-state index < -0.39 is 18.1 Å². The Bertz CT molecular complexity index is 346. The van der Waals surface area contributed by atoms with Crippen molar-refractivity contribution in [2.75, 3.05) is 13.1 Å². The van der Waals surface area contributed by atoms with Gasteiger partial charge in [0.2, 0.25) is 0 Å². The summed E-state index contributed by atoms with van der Waals surface area (Å²) in [5.74, 6) is -1.62. The quantitative estimate of drug-likeness (QED) is 0.864. The van der Waals surface area contributed by atoms with Gasteiger partial charge in [0.05, 0.1) is 5.92 Å². The lowest BCUT2D eigenvalue weighted by atomic mass is 9.84. The van der Waals surface area contributed by atoms with E-state index in [4.69, 9.17) is 5.11 Å². The van der Waals surface area contributed by atoms with Crippen LogP contribution in [0.5, 0.6) is 0 Å². The molecule has 0 aromatic carbocycles. The normalized spacial score (nSPS) is 32.5. The molecular formula is C14H22F3NO2. The van der Waals surface area contributed by atoms with Crippen LogP contribution in [0.1, 0.15) is 44.9 Å². The van der Waals surface area contributed by atoms with Crippen LogP contribution in [0.2, 0.25) is 0 Å². The van der Waals surface area contributed by atoms with E-state index in [0.717, 1.165) is 25.9 Å². The SMILES string of the molecule is O=C(O)CCC1CCN(C2CCCC(C(F)(F)F)C2)C1. The fraction of sp³-hybridized carbons (Fsp3) is 0.929. The lowest BCUT2D eigenvalue weighted by Gasteiger charge is -2.36. The number of alkyl halides is 3. The van der Waals surface area contributed by atoms with Crippen LogP contribution in [0.25, 0.3) is 0 Å². The summed E-state index contributed by atoms with van der Waals surface area (Å²) in [4.78, 5) is 12.7. The van der Waals surface area contributed by atoms with Crippen molar-refractivity contribution in [3.63, 3.8) is 0 Å². The first-order valence-electron chi connectivity index (χ1n) is 7.39. The fourth-order valence-corrected chi connectivity index (χ4v) is 3.55. The molecular weight excluding hydrogens is 271 g/mol. The van der Waals surface area contributed by atoms with E-state index in [2.05, 4.69) is 4.90 Å². The zero-order valence-electron chi connectivity index (χ0n) is 11.5. The molecule has 116 valence electrons. The van der Waals surface area contributed by atoms with Gasteiger partial charge >= 0.3 is 12.1 Å². The maximum absolute atomic E-state index is 12.8. The van der Waals surface area contributed by atoms with Crippen LogP contribution in [-0.2, 0) is 4.79 Å². The van der Waals surface area contributed by atoms with Crippen LogP contribution >= 0.6 is 0 Å². The molecule has 0 spiro atoms. The largest absolute Gasteiger partial charge is 0.481 e. The van der Waals surface area contributed by atoms with Gasteiger partial charge in [0.25, 0.3) is 0 Å². The first-order chi connectivity index (χ1) is 9.36. The Hall–Kier alpha value is -0.780. The van der Waals surface area contributed by atoms with Crippen LogP contribution in [0.4, 0.5) is 13.2 Å². The van der Waals surface area contributed by atoms with Crippen molar-refractivity contribution < 1.29 is 23.1 Å². The Morgan fingerprint density at radius 3 is 2.65 bits per heavy atom. The average molecular weight is 293 g/mol. The number of carboxylic acids is 1. The molecule has 3 unspecified atom stereocenters. The van der Waals surface area contributed by atoms with Crippen LogP contribution < -0.4 is 0 Å². The predicted molar refractivity (Wildman–Crippen MR) is 68.4 cm³/mol. The van der Waals surface area contributed by atoms with Gasteiger partial charge in [-0.15, -0.1) is 0 Å². The highest BCUT2D eigenvalue weighted by atomic mass is 19.4. The molecule has 0 aromatic rings. The van der Waals surface area contributed by atoms with Gasteiger partial charge in [-0.3, -0.25) is 4.79 Å². The molecule has 1 saturated carbocycles. The number of carbonyl (C=O) groups is 1. The Labute approximate surface area is 117 Å². The molecule has 0 radical (unpaired) electrons. The second kappa shape index (κ2) is 6.33. The van der Waals surface area contributed by atoms with Crippen molar-refractivity contribution in [1.29, 1.82) is 0 Å². The molecule has 3 atom stereocenters. The lowest BCUT2D eigenvalue weighted by Crippen LogP contribution is -2.40. The monoisotopic (exact) mass is 293 g/mol. The molecule has 20 heavy (non-hydrogen) atoms. The maximum Gasteiger partial charge on any atom is 0.391 e. The third kappa shape index (κ3) is 4.11. The number of hydrogen-bond acceptors (Lipinski definition) is 2. The number of aliphatic carboxylic acids is 1. The van der Waals surface area contributed by atoms with Gasteiger partial charge in [0, 0.05) is 19.0 Å². The summed E-state index contributed by atoms with van der Waals surface area (Å²) in [6.45, 7) is 1.59. The zero-order valence-corrected chi connectivity index (χ0v) is 11.5. The van der Waals surface area contributed by atoms with Crippen LogP contribution in [0.15, 0.2) is 0 Å². The third-order valence-electron chi connectivity index (χ3n) is 4.71. The minimum absolute atomic E-state index is 0.0326. The number of likely N-dealkylation sites (tertiary alicyclic amines) is 1. The van der Waals surface area contributed by atoms with Crippen molar-refractivity contribution in [2.45, 2.75) is 57.2 Å². The highest BCUT2D eigenvalue weighted by Crippen LogP contribution is 2.40. The van der Waals surface area contributed by atoms with Crippen LogP contribution in [-0.4, -0.2) is 41.3 Å². The van der Waals surface area contributed by atoms with Gasteiger partial charge in [-0.25, -0.2) is 0 Å². The number of halogens is 3. The first kappa shape index (κ1) is 15.6. The molecule has 2 aliphatic rings. The molecule has 1 saturated heterocycles. The summed E-state index contributed by atoms with van der Waals surface area (Å²) in [7, 11) is 0. The zero-order chi connectivity index (χ0) is 14.8. The average Bonchev–Trinajstić information content (AvgIpc) is 2.84. The third-order valence-corrected chi connectivity index (χ3v) is 4.71. The number of carboxylic acid groups (broad SMARTS) is 1. The molecule has 1 aliphatic carbocycles. The van der Waals surface area contributed by atoms with Crippen molar-refractivity contribution in [3.05, 3.63) is 0 Å². The van der Waals surface area contributed by atoms with Crippen molar-refractivity contribution in [2.24, 2.45) is 11.8 Å². The smallest absolute Gasteiger partial charge is 0.391 e. The predicted octanol–water partition coefficient (Wildman–Crippen LogP) is 3.29. The number of rotatable bonds is 4. The molecule has 2 fully saturated rings. The molecule has 1 N–H and O–H groups in total. The van der Waals surface area contributed by atoms with E-state index in [1.54, 1.807) is 0 Å². The minimum Gasteiger partial charge on any atom is -0.481 e. The van der Waals surface area contributed by atoms with Gasteiger partial charge in [-0.05, 0) is 44.6 Å². The van der Waals surface area contributed by atoms with E-state index in [1.807, 2.05) is 0 Å². The molecule has 1 aliphatic heterocycles. The Kier molecular flexibility index (Phi) is 4.94. The first-order valence-corrected chi connectivity index (χ1v) is 7.39. The molecule has 0 bridgehead atoms. The number of nitrogens with zero attached hydrogens (tertiary/aromatic N) is 1. The van der Waals surface area contributed by atoms with Crippen LogP contribution in [0, 0.1) is 11.8 Å². The standard InChI is InChI=1S/C14H22F3NO2/c15-14(16,17)11-2-1-3-12(8-11)18-7-6-10(9-18)4-5-13(19)20/h10-12H,1-9H2,(H,19,20). The molecule has 6 heteroatoms. The van der Waals surface area contributed by atoms with Gasteiger partial charge in [-0.1, -0.05) is 6.42 Å². The summed E-state index contributed by atoms with van der Waals surface area (Å²) in [5, 5.41) is 8.67. The van der Waals surface area contributed by atoms with E-state index in [9.17, 15) is 18.0 Å². The van der Waals surface area contributed by atoms with Crippen molar-refractivity contribution >= 4 is 5.97 Å². The van der Waals surface area contributed by atoms with Gasteiger partial charge in [-0.2, -0.15) is 13.2 Å².